The van der Waals surface area contributed by atoms with Crippen molar-refractivity contribution in [3.8, 4) is 5.75 Å². The van der Waals surface area contributed by atoms with Gasteiger partial charge < -0.3 is 10.1 Å². The third kappa shape index (κ3) is 5.09. The summed E-state index contributed by atoms with van der Waals surface area (Å²) in [4.78, 5) is 12.3. The van der Waals surface area contributed by atoms with E-state index in [-0.39, 0.29) is 22.9 Å². The van der Waals surface area contributed by atoms with Crippen LogP contribution < -0.4 is 10.1 Å². The number of carbonyl (C=O) groups excluding carboxylic acids is 1. The second-order valence-electron chi connectivity index (χ2n) is 5.15. The van der Waals surface area contributed by atoms with Gasteiger partial charge in [0.2, 0.25) is 0 Å². The van der Waals surface area contributed by atoms with Gasteiger partial charge in [0, 0.05) is 0 Å². The molecule has 1 N–H and O–H groups in total. The van der Waals surface area contributed by atoms with E-state index in [0.717, 1.165) is 18.2 Å². The zero-order valence-corrected chi connectivity index (χ0v) is 13.8. The van der Waals surface area contributed by atoms with Gasteiger partial charge in [-0.3, -0.25) is 4.79 Å². The summed E-state index contributed by atoms with van der Waals surface area (Å²) in [5.41, 5.74) is -1.10. The van der Waals surface area contributed by atoms with Gasteiger partial charge in [0.1, 0.15) is 11.6 Å². The van der Waals surface area contributed by atoms with Crippen molar-refractivity contribution in [2.75, 3.05) is 5.32 Å². The van der Waals surface area contributed by atoms with Gasteiger partial charge in [-0.25, -0.2) is 4.39 Å². The zero-order valence-electron chi connectivity index (χ0n) is 13.0. The first-order valence-electron chi connectivity index (χ1n) is 7.30. The van der Waals surface area contributed by atoms with Crippen LogP contribution >= 0.6 is 11.6 Å². The van der Waals surface area contributed by atoms with E-state index in [2.05, 4.69) is 5.32 Å². The normalized spacial score (nSPS) is 12.6. The van der Waals surface area contributed by atoms with Crippen LogP contribution in [0.15, 0.2) is 42.5 Å². The Morgan fingerprint density at radius 2 is 1.84 bits per heavy atom. The Kier molecular flexibility index (Phi) is 5.89. The summed E-state index contributed by atoms with van der Waals surface area (Å²) in [5.74, 6) is -0.854. The predicted molar refractivity (Wildman–Crippen MR) is 86.2 cm³/mol. The number of benzene rings is 2. The van der Waals surface area contributed by atoms with Crippen LogP contribution in [0.25, 0.3) is 0 Å². The monoisotopic (exact) mass is 375 g/mol. The van der Waals surface area contributed by atoms with Crippen molar-refractivity contribution in [3.63, 3.8) is 0 Å². The number of hydrogen-bond acceptors (Lipinski definition) is 2. The van der Waals surface area contributed by atoms with Crippen molar-refractivity contribution < 1.29 is 27.1 Å². The average Bonchev–Trinajstić information content (AvgIpc) is 2.55. The number of halogens is 5. The van der Waals surface area contributed by atoms with Crippen molar-refractivity contribution in [2.45, 2.75) is 25.6 Å². The highest BCUT2D eigenvalue weighted by molar-refractivity contribution is 6.33. The van der Waals surface area contributed by atoms with E-state index in [1.807, 2.05) is 0 Å². The molecule has 2 aromatic rings. The molecule has 0 saturated carbocycles. The Labute approximate surface area is 146 Å². The van der Waals surface area contributed by atoms with Crippen LogP contribution in [-0.2, 0) is 11.0 Å². The van der Waals surface area contributed by atoms with Crippen molar-refractivity contribution in [1.82, 2.24) is 0 Å². The van der Waals surface area contributed by atoms with Crippen LogP contribution in [0, 0.1) is 5.82 Å². The topological polar surface area (TPSA) is 38.3 Å². The molecule has 1 amide bonds. The molecule has 0 aliphatic carbocycles. The van der Waals surface area contributed by atoms with Crippen molar-refractivity contribution in [1.29, 1.82) is 0 Å². The SMILES string of the molecule is CCC(Oc1ccc(F)cc1)C(=O)Nc1cc(C(F)(F)F)ccc1Cl. The summed E-state index contributed by atoms with van der Waals surface area (Å²) < 4.78 is 56.6. The fourth-order valence-electron chi connectivity index (χ4n) is 2.01. The van der Waals surface area contributed by atoms with E-state index in [1.54, 1.807) is 6.92 Å². The molecule has 0 saturated heterocycles. The largest absolute Gasteiger partial charge is 0.481 e. The number of alkyl halides is 3. The quantitative estimate of drug-likeness (QED) is 0.721. The molecule has 25 heavy (non-hydrogen) atoms. The van der Waals surface area contributed by atoms with Crippen molar-refractivity contribution in [3.05, 3.63) is 58.9 Å². The summed E-state index contributed by atoms with van der Waals surface area (Å²) in [7, 11) is 0. The summed E-state index contributed by atoms with van der Waals surface area (Å²) in [5, 5.41) is 2.31. The number of hydrogen-bond donors (Lipinski definition) is 1. The fourth-order valence-corrected chi connectivity index (χ4v) is 2.18. The summed E-state index contributed by atoms with van der Waals surface area (Å²) in [6.07, 6.45) is -5.28. The Morgan fingerprint density at radius 1 is 1.20 bits per heavy atom. The fraction of sp³-hybridized carbons (Fsp3) is 0.235. The lowest BCUT2D eigenvalue weighted by molar-refractivity contribution is -0.137. The lowest BCUT2D eigenvalue weighted by Crippen LogP contribution is -2.32. The van der Waals surface area contributed by atoms with Crippen LogP contribution in [0.2, 0.25) is 5.02 Å². The molecular formula is C17H14ClF4NO2. The Morgan fingerprint density at radius 3 is 2.40 bits per heavy atom. The van der Waals surface area contributed by atoms with E-state index in [4.69, 9.17) is 16.3 Å². The molecule has 0 bridgehead atoms. The predicted octanol–water partition coefficient (Wildman–Crippen LogP) is 5.29. The lowest BCUT2D eigenvalue weighted by atomic mass is 10.1. The highest BCUT2D eigenvalue weighted by Gasteiger charge is 2.31. The third-order valence-electron chi connectivity index (χ3n) is 3.31. The van der Waals surface area contributed by atoms with Gasteiger partial charge in [0.15, 0.2) is 6.10 Å². The van der Waals surface area contributed by atoms with E-state index < -0.39 is 29.6 Å². The highest BCUT2D eigenvalue weighted by atomic mass is 35.5. The van der Waals surface area contributed by atoms with Crippen LogP contribution in [-0.4, -0.2) is 12.0 Å². The minimum absolute atomic E-state index is 0.0296. The lowest BCUT2D eigenvalue weighted by Gasteiger charge is -2.18. The summed E-state index contributed by atoms with van der Waals surface area (Å²) in [6.45, 7) is 1.67. The van der Waals surface area contributed by atoms with Crippen LogP contribution in [0.3, 0.4) is 0 Å². The van der Waals surface area contributed by atoms with E-state index in [1.165, 1.54) is 24.3 Å². The van der Waals surface area contributed by atoms with E-state index in [9.17, 15) is 22.4 Å². The molecule has 0 aliphatic heterocycles. The van der Waals surface area contributed by atoms with Gasteiger partial charge in [0.25, 0.3) is 5.91 Å². The second-order valence-corrected chi connectivity index (χ2v) is 5.56. The van der Waals surface area contributed by atoms with Gasteiger partial charge in [-0.1, -0.05) is 18.5 Å². The standard InChI is InChI=1S/C17H14ClF4NO2/c1-2-15(25-12-6-4-11(19)5-7-12)16(24)23-14-9-10(17(20,21)22)3-8-13(14)18/h3-9,15H,2H2,1H3,(H,23,24). The molecule has 2 rings (SSSR count). The molecule has 134 valence electrons. The maximum atomic E-state index is 12.9. The average molecular weight is 376 g/mol. The molecular weight excluding hydrogens is 362 g/mol. The summed E-state index contributed by atoms with van der Waals surface area (Å²) >= 11 is 5.85. The molecule has 0 aromatic heterocycles. The molecule has 3 nitrogen and oxygen atoms in total. The van der Waals surface area contributed by atoms with Gasteiger partial charge in [-0.15, -0.1) is 0 Å². The molecule has 0 fully saturated rings. The third-order valence-corrected chi connectivity index (χ3v) is 3.64. The number of ether oxygens (including phenoxy) is 1. The first-order valence-corrected chi connectivity index (χ1v) is 7.68. The summed E-state index contributed by atoms with van der Waals surface area (Å²) in [6, 6.07) is 7.68. The molecule has 0 spiro atoms. The van der Waals surface area contributed by atoms with Crippen LogP contribution in [0.5, 0.6) is 5.75 Å². The first-order chi connectivity index (χ1) is 11.7. The van der Waals surface area contributed by atoms with Crippen LogP contribution in [0.1, 0.15) is 18.9 Å². The molecule has 2 aromatic carbocycles. The number of carbonyl (C=O) groups is 1. The molecule has 0 aliphatic rings. The molecule has 8 heteroatoms. The minimum Gasteiger partial charge on any atom is -0.481 e. The number of nitrogens with one attached hydrogen (secondary N) is 1. The molecule has 0 heterocycles. The van der Waals surface area contributed by atoms with Crippen molar-refractivity contribution >= 4 is 23.2 Å². The Balaban J connectivity index is 2.15. The van der Waals surface area contributed by atoms with E-state index >= 15 is 0 Å². The number of anilines is 1. The minimum atomic E-state index is -4.56. The number of amides is 1. The second kappa shape index (κ2) is 7.74. The molecule has 1 unspecified atom stereocenters. The van der Waals surface area contributed by atoms with Crippen LogP contribution in [0.4, 0.5) is 23.2 Å². The smallest absolute Gasteiger partial charge is 0.416 e. The van der Waals surface area contributed by atoms with E-state index in [0.29, 0.717) is 0 Å². The highest BCUT2D eigenvalue weighted by Crippen LogP contribution is 2.34. The van der Waals surface area contributed by atoms with Gasteiger partial charge >= 0.3 is 6.18 Å². The Bertz CT molecular complexity index is 747. The maximum absolute atomic E-state index is 12.9. The first kappa shape index (κ1) is 19.1. The van der Waals surface area contributed by atoms with Gasteiger partial charge in [0.05, 0.1) is 16.3 Å². The van der Waals surface area contributed by atoms with Crippen molar-refractivity contribution in [2.24, 2.45) is 0 Å². The molecule has 0 radical (unpaired) electrons. The van der Waals surface area contributed by atoms with Gasteiger partial charge in [-0.05, 0) is 48.9 Å². The number of rotatable bonds is 5. The molecule has 1 atom stereocenters. The zero-order chi connectivity index (χ0) is 18.6. The Hall–Kier alpha value is -2.28. The van der Waals surface area contributed by atoms with Gasteiger partial charge in [-0.2, -0.15) is 13.2 Å². The maximum Gasteiger partial charge on any atom is 0.416 e.